The molecule has 2 heterocycles. The number of aryl methyl sites for hydroxylation is 2. The lowest BCUT2D eigenvalue weighted by Crippen LogP contribution is -2.43. The van der Waals surface area contributed by atoms with Crippen LogP contribution in [-0.2, 0) is 16.0 Å². The smallest absolute Gasteiger partial charge is 0.223 e. The molecule has 1 amide bonds. The van der Waals surface area contributed by atoms with Crippen molar-refractivity contribution in [1.82, 2.24) is 9.88 Å². The van der Waals surface area contributed by atoms with Gasteiger partial charge in [0.1, 0.15) is 0 Å². The van der Waals surface area contributed by atoms with E-state index in [2.05, 4.69) is 4.98 Å². The molecule has 3 rings (SSSR count). The molecule has 1 unspecified atom stereocenters. The topological polar surface area (TPSA) is 42.4 Å². The van der Waals surface area contributed by atoms with Gasteiger partial charge in [-0.25, -0.2) is 4.98 Å². The van der Waals surface area contributed by atoms with Gasteiger partial charge in [0.25, 0.3) is 0 Å². The molecule has 4 nitrogen and oxygen atoms in total. The van der Waals surface area contributed by atoms with Crippen molar-refractivity contribution in [3.63, 3.8) is 0 Å². The molecule has 1 atom stereocenters. The first kappa shape index (κ1) is 16.4. The molecule has 0 saturated carbocycles. The van der Waals surface area contributed by atoms with Crippen molar-refractivity contribution in [2.24, 2.45) is 0 Å². The molecule has 0 aliphatic carbocycles. The SMILES string of the molecule is Cc1nc(C2COCCN2C(=O)CCc2ccc(Cl)cc2)cs1. The van der Waals surface area contributed by atoms with Gasteiger partial charge in [0.15, 0.2) is 0 Å². The number of aromatic nitrogens is 1. The Bertz CT molecular complexity index is 671. The van der Waals surface area contributed by atoms with E-state index in [9.17, 15) is 4.79 Å². The van der Waals surface area contributed by atoms with Crippen LogP contribution in [0.1, 0.15) is 28.7 Å². The fourth-order valence-corrected chi connectivity index (χ4v) is 3.51. The van der Waals surface area contributed by atoms with E-state index in [0.717, 1.165) is 22.7 Å². The maximum absolute atomic E-state index is 12.6. The summed E-state index contributed by atoms with van der Waals surface area (Å²) in [6.45, 7) is 3.72. The lowest BCUT2D eigenvalue weighted by atomic mass is 10.1. The molecule has 1 saturated heterocycles. The van der Waals surface area contributed by atoms with Crippen molar-refractivity contribution in [3.05, 3.63) is 50.9 Å². The van der Waals surface area contributed by atoms with E-state index >= 15 is 0 Å². The van der Waals surface area contributed by atoms with Crippen molar-refractivity contribution >= 4 is 28.8 Å². The molecule has 2 aromatic rings. The van der Waals surface area contributed by atoms with Gasteiger partial charge < -0.3 is 9.64 Å². The molecule has 23 heavy (non-hydrogen) atoms. The van der Waals surface area contributed by atoms with Gasteiger partial charge in [0, 0.05) is 23.4 Å². The second kappa shape index (κ2) is 7.43. The molecule has 1 fully saturated rings. The Labute approximate surface area is 145 Å². The first-order chi connectivity index (χ1) is 11.1. The summed E-state index contributed by atoms with van der Waals surface area (Å²) in [6.07, 6.45) is 1.21. The Hall–Kier alpha value is -1.43. The molecule has 0 radical (unpaired) electrons. The monoisotopic (exact) mass is 350 g/mol. The Morgan fingerprint density at radius 1 is 1.43 bits per heavy atom. The third-order valence-corrected chi connectivity index (χ3v) is 5.01. The van der Waals surface area contributed by atoms with Crippen molar-refractivity contribution in [1.29, 1.82) is 0 Å². The normalized spacial score (nSPS) is 18.2. The zero-order valence-electron chi connectivity index (χ0n) is 13.0. The number of thiazole rings is 1. The van der Waals surface area contributed by atoms with Crippen LogP contribution in [-0.4, -0.2) is 35.5 Å². The number of carbonyl (C=O) groups is 1. The highest BCUT2D eigenvalue weighted by molar-refractivity contribution is 7.09. The van der Waals surface area contributed by atoms with Gasteiger partial charge in [-0.2, -0.15) is 0 Å². The number of ether oxygens (including phenoxy) is 1. The molecular weight excluding hydrogens is 332 g/mol. The molecular formula is C17H19ClN2O2S. The number of amides is 1. The predicted molar refractivity (Wildman–Crippen MR) is 91.9 cm³/mol. The fraction of sp³-hybridized carbons (Fsp3) is 0.412. The van der Waals surface area contributed by atoms with Crippen molar-refractivity contribution in [2.75, 3.05) is 19.8 Å². The highest BCUT2D eigenvalue weighted by Gasteiger charge is 2.29. The van der Waals surface area contributed by atoms with Crippen LogP contribution < -0.4 is 0 Å². The molecule has 6 heteroatoms. The van der Waals surface area contributed by atoms with Crippen LogP contribution in [0.2, 0.25) is 5.02 Å². The van der Waals surface area contributed by atoms with Crippen LogP contribution in [0.25, 0.3) is 0 Å². The number of carbonyl (C=O) groups excluding carboxylic acids is 1. The average molecular weight is 351 g/mol. The van der Waals surface area contributed by atoms with E-state index in [1.807, 2.05) is 41.5 Å². The van der Waals surface area contributed by atoms with E-state index in [-0.39, 0.29) is 11.9 Å². The molecule has 1 aromatic carbocycles. The minimum Gasteiger partial charge on any atom is -0.377 e. The molecule has 0 N–H and O–H groups in total. The van der Waals surface area contributed by atoms with Crippen LogP contribution in [0.4, 0.5) is 0 Å². The summed E-state index contributed by atoms with van der Waals surface area (Å²) in [4.78, 5) is 19.1. The highest BCUT2D eigenvalue weighted by Crippen LogP contribution is 2.26. The summed E-state index contributed by atoms with van der Waals surface area (Å²) in [6, 6.07) is 7.59. The van der Waals surface area contributed by atoms with Gasteiger partial charge in [-0.15, -0.1) is 11.3 Å². The largest absolute Gasteiger partial charge is 0.377 e. The fourth-order valence-electron chi connectivity index (χ4n) is 2.73. The number of rotatable bonds is 4. The van der Waals surface area contributed by atoms with Crippen molar-refractivity contribution in [3.8, 4) is 0 Å². The number of nitrogens with zero attached hydrogens (tertiary/aromatic N) is 2. The minimum atomic E-state index is -0.0635. The summed E-state index contributed by atoms with van der Waals surface area (Å²) in [5, 5.41) is 3.75. The molecule has 122 valence electrons. The Morgan fingerprint density at radius 2 is 2.22 bits per heavy atom. The molecule has 0 spiro atoms. The third-order valence-electron chi connectivity index (χ3n) is 3.97. The summed E-state index contributed by atoms with van der Waals surface area (Å²) in [7, 11) is 0. The van der Waals surface area contributed by atoms with Crippen molar-refractivity contribution in [2.45, 2.75) is 25.8 Å². The quantitative estimate of drug-likeness (QED) is 0.845. The van der Waals surface area contributed by atoms with Crippen LogP contribution in [0.3, 0.4) is 0 Å². The zero-order valence-corrected chi connectivity index (χ0v) is 14.6. The first-order valence-corrected chi connectivity index (χ1v) is 8.93. The van der Waals surface area contributed by atoms with E-state index in [4.69, 9.17) is 16.3 Å². The van der Waals surface area contributed by atoms with Gasteiger partial charge in [-0.05, 0) is 31.0 Å². The molecule has 0 bridgehead atoms. The minimum absolute atomic E-state index is 0.0635. The number of halogens is 1. The zero-order chi connectivity index (χ0) is 16.2. The maximum atomic E-state index is 12.6. The highest BCUT2D eigenvalue weighted by atomic mass is 35.5. The number of hydrogen-bond acceptors (Lipinski definition) is 4. The molecule has 1 aliphatic heterocycles. The Balaban J connectivity index is 1.65. The summed E-state index contributed by atoms with van der Waals surface area (Å²) in [5.41, 5.74) is 2.06. The standard InChI is InChI=1S/C17H19ClN2O2S/c1-12-19-15(11-23-12)16-10-22-9-8-20(16)17(21)7-4-13-2-5-14(18)6-3-13/h2-3,5-6,11,16H,4,7-10H2,1H3. The van der Waals surface area contributed by atoms with Gasteiger partial charge in [-0.3, -0.25) is 4.79 Å². The van der Waals surface area contributed by atoms with E-state index in [1.54, 1.807) is 11.3 Å². The predicted octanol–water partition coefficient (Wildman–Crippen LogP) is 3.64. The van der Waals surface area contributed by atoms with Crippen LogP contribution >= 0.6 is 22.9 Å². The average Bonchev–Trinajstić information content (AvgIpc) is 3.00. The van der Waals surface area contributed by atoms with Gasteiger partial charge >= 0.3 is 0 Å². The first-order valence-electron chi connectivity index (χ1n) is 7.67. The second-order valence-corrected chi connectivity index (χ2v) is 7.09. The van der Waals surface area contributed by atoms with Gasteiger partial charge in [0.2, 0.25) is 5.91 Å². The maximum Gasteiger partial charge on any atom is 0.223 e. The summed E-state index contributed by atoms with van der Waals surface area (Å²) < 4.78 is 5.56. The summed E-state index contributed by atoms with van der Waals surface area (Å²) in [5.74, 6) is 0.152. The number of hydrogen-bond donors (Lipinski definition) is 0. The van der Waals surface area contributed by atoms with Crippen LogP contribution in [0.5, 0.6) is 0 Å². The van der Waals surface area contributed by atoms with E-state index in [0.29, 0.717) is 31.2 Å². The lowest BCUT2D eigenvalue weighted by molar-refractivity contribution is -0.140. The van der Waals surface area contributed by atoms with Crippen LogP contribution in [0.15, 0.2) is 29.6 Å². The summed E-state index contributed by atoms with van der Waals surface area (Å²) >= 11 is 7.50. The number of morpholine rings is 1. The molecule has 1 aliphatic rings. The third kappa shape index (κ3) is 4.10. The van der Waals surface area contributed by atoms with E-state index in [1.165, 1.54) is 0 Å². The van der Waals surface area contributed by atoms with Crippen molar-refractivity contribution < 1.29 is 9.53 Å². The molecule has 1 aromatic heterocycles. The Kier molecular flexibility index (Phi) is 5.30. The number of benzene rings is 1. The second-order valence-electron chi connectivity index (χ2n) is 5.60. The van der Waals surface area contributed by atoms with Crippen LogP contribution in [0, 0.1) is 6.92 Å². The van der Waals surface area contributed by atoms with Gasteiger partial charge in [-0.1, -0.05) is 23.7 Å². The van der Waals surface area contributed by atoms with E-state index < -0.39 is 0 Å². The lowest BCUT2D eigenvalue weighted by Gasteiger charge is -2.34. The Morgan fingerprint density at radius 3 is 2.91 bits per heavy atom. The van der Waals surface area contributed by atoms with Gasteiger partial charge in [0.05, 0.1) is 30.0 Å².